The lowest BCUT2D eigenvalue weighted by Gasteiger charge is -1.91. The van der Waals surface area contributed by atoms with Gasteiger partial charge >= 0.3 is 0 Å². The van der Waals surface area contributed by atoms with Crippen LogP contribution in [-0.2, 0) is 6.54 Å². The molecule has 0 atom stereocenters. The zero-order chi connectivity index (χ0) is 6.69. The number of hydrogen-bond acceptors (Lipinski definition) is 3. The van der Waals surface area contributed by atoms with E-state index in [1.165, 1.54) is 0 Å². The molecule has 50 valence electrons. The molecule has 0 bridgehead atoms. The Labute approximate surface area is 53.6 Å². The molecule has 4 nitrogen and oxygen atoms in total. The molecular formula is C5H10N4. The van der Waals surface area contributed by atoms with Crippen molar-refractivity contribution in [2.45, 2.75) is 13.5 Å². The van der Waals surface area contributed by atoms with E-state index in [1.807, 2.05) is 19.2 Å². The van der Waals surface area contributed by atoms with Gasteiger partial charge in [0.05, 0.1) is 0 Å². The quantitative estimate of drug-likeness (QED) is 0.439. The van der Waals surface area contributed by atoms with Gasteiger partial charge in [0.2, 0.25) is 0 Å². The molecule has 9 heavy (non-hydrogen) atoms. The molecule has 1 aromatic heterocycles. The Morgan fingerprint density at radius 3 is 3.00 bits per heavy atom. The molecule has 0 aliphatic rings. The first-order chi connectivity index (χ1) is 4.36. The van der Waals surface area contributed by atoms with E-state index in [2.05, 4.69) is 10.5 Å². The van der Waals surface area contributed by atoms with Crippen LogP contribution in [0.3, 0.4) is 0 Å². The fraction of sp³-hybridized carbons (Fsp3) is 0.400. The van der Waals surface area contributed by atoms with Crippen molar-refractivity contribution >= 4 is 5.82 Å². The van der Waals surface area contributed by atoms with E-state index in [0.29, 0.717) is 5.82 Å². The first-order valence-corrected chi connectivity index (χ1v) is 2.87. The number of anilines is 1. The second kappa shape index (κ2) is 2.50. The highest BCUT2D eigenvalue weighted by Crippen LogP contribution is 1.97. The molecule has 1 aromatic rings. The van der Waals surface area contributed by atoms with Crippen molar-refractivity contribution in [2.75, 3.05) is 5.43 Å². The number of hydrogen-bond donors (Lipinski definition) is 2. The zero-order valence-electron chi connectivity index (χ0n) is 5.33. The molecule has 0 aliphatic heterocycles. The summed E-state index contributed by atoms with van der Waals surface area (Å²) < 4.78 is 1.80. The Hall–Kier alpha value is -1.03. The fourth-order valence-corrected chi connectivity index (χ4v) is 0.615. The Balaban J connectivity index is 2.74. The fourth-order valence-electron chi connectivity index (χ4n) is 0.615. The summed E-state index contributed by atoms with van der Waals surface area (Å²) in [5.41, 5.74) is 2.45. The number of nitrogens with two attached hydrogens (primary N) is 1. The summed E-state index contributed by atoms with van der Waals surface area (Å²) in [5.74, 6) is 5.80. The van der Waals surface area contributed by atoms with Gasteiger partial charge in [-0.3, -0.25) is 4.68 Å². The van der Waals surface area contributed by atoms with Crippen LogP contribution in [0.2, 0.25) is 0 Å². The average Bonchev–Trinajstić information content (AvgIpc) is 2.34. The van der Waals surface area contributed by atoms with E-state index in [0.717, 1.165) is 6.54 Å². The molecule has 0 saturated heterocycles. The molecule has 0 fully saturated rings. The van der Waals surface area contributed by atoms with Gasteiger partial charge in [-0.05, 0) is 6.92 Å². The van der Waals surface area contributed by atoms with Crippen LogP contribution in [-0.4, -0.2) is 9.78 Å². The smallest absolute Gasteiger partial charge is 0.161 e. The largest absolute Gasteiger partial charge is 0.307 e. The average molecular weight is 126 g/mol. The van der Waals surface area contributed by atoms with Gasteiger partial charge in [-0.2, -0.15) is 5.10 Å². The first kappa shape index (κ1) is 6.10. The number of nitrogens with zero attached hydrogens (tertiary/aromatic N) is 2. The predicted octanol–water partition coefficient (Wildman–Crippen LogP) is 0.189. The summed E-state index contributed by atoms with van der Waals surface area (Å²) >= 11 is 0. The summed E-state index contributed by atoms with van der Waals surface area (Å²) in [7, 11) is 0. The van der Waals surface area contributed by atoms with E-state index < -0.39 is 0 Å². The Morgan fingerprint density at radius 2 is 2.67 bits per heavy atom. The SMILES string of the molecule is CCn1ccc(NN)n1. The van der Waals surface area contributed by atoms with E-state index >= 15 is 0 Å². The molecule has 0 aromatic carbocycles. The van der Waals surface area contributed by atoms with Crippen LogP contribution in [0, 0.1) is 0 Å². The summed E-state index contributed by atoms with van der Waals surface area (Å²) in [5, 5.41) is 4.03. The lowest BCUT2D eigenvalue weighted by Crippen LogP contribution is -2.07. The molecule has 0 amide bonds. The maximum absolute atomic E-state index is 5.09. The predicted molar refractivity (Wildman–Crippen MR) is 35.7 cm³/mol. The van der Waals surface area contributed by atoms with Gasteiger partial charge in [-0.25, -0.2) is 5.84 Å². The van der Waals surface area contributed by atoms with Crippen molar-refractivity contribution in [3.8, 4) is 0 Å². The van der Waals surface area contributed by atoms with E-state index in [9.17, 15) is 0 Å². The summed E-state index contributed by atoms with van der Waals surface area (Å²) in [6.07, 6.45) is 1.87. The third-order valence-electron chi connectivity index (χ3n) is 1.11. The number of nitrogens with one attached hydrogen (secondary N) is 1. The summed E-state index contributed by atoms with van der Waals surface area (Å²) in [6.45, 7) is 2.90. The zero-order valence-corrected chi connectivity index (χ0v) is 5.33. The summed E-state index contributed by atoms with van der Waals surface area (Å²) in [4.78, 5) is 0. The highest BCUT2D eigenvalue weighted by molar-refractivity contribution is 5.29. The van der Waals surface area contributed by atoms with Crippen LogP contribution in [0.1, 0.15) is 6.92 Å². The van der Waals surface area contributed by atoms with Crippen molar-refractivity contribution in [3.05, 3.63) is 12.3 Å². The standard InChI is InChI=1S/C5H10N4/c1-2-9-4-3-5(7-6)8-9/h3-4H,2,6H2,1H3,(H,7,8). The van der Waals surface area contributed by atoms with Crippen molar-refractivity contribution in [3.63, 3.8) is 0 Å². The van der Waals surface area contributed by atoms with Gasteiger partial charge in [-0.15, -0.1) is 0 Å². The normalized spacial score (nSPS) is 9.56. The van der Waals surface area contributed by atoms with Gasteiger partial charge in [-0.1, -0.05) is 0 Å². The highest BCUT2D eigenvalue weighted by atomic mass is 15.4. The van der Waals surface area contributed by atoms with Crippen molar-refractivity contribution in [1.29, 1.82) is 0 Å². The molecule has 0 aliphatic carbocycles. The lowest BCUT2D eigenvalue weighted by molar-refractivity contribution is 0.661. The van der Waals surface area contributed by atoms with Crippen LogP contribution in [0.4, 0.5) is 5.82 Å². The minimum absolute atomic E-state index is 0.705. The second-order valence-corrected chi connectivity index (χ2v) is 1.70. The topological polar surface area (TPSA) is 55.9 Å². The second-order valence-electron chi connectivity index (χ2n) is 1.70. The van der Waals surface area contributed by atoms with Gasteiger partial charge in [0, 0.05) is 18.8 Å². The Kier molecular flexibility index (Phi) is 1.69. The molecular weight excluding hydrogens is 116 g/mol. The van der Waals surface area contributed by atoms with E-state index in [-0.39, 0.29) is 0 Å². The summed E-state index contributed by atoms with van der Waals surface area (Å²) in [6, 6.07) is 1.82. The lowest BCUT2D eigenvalue weighted by atomic mass is 10.6. The third-order valence-corrected chi connectivity index (χ3v) is 1.11. The maximum atomic E-state index is 5.09. The Bertz CT molecular complexity index is 162. The monoisotopic (exact) mass is 126 g/mol. The van der Waals surface area contributed by atoms with Gasteiger partial charge in [0.25, 0.3) is 0 Å². The maximum Gasteiger partial charge on any atom is 0.161 e. The molecule has 0 saturated carbocycles. The van der Waals surface area contributed by atoms with Crippen LogP contribution >= 0.6 is 0 Å². The number of aryl methyl sites for hydroxylation is 1. The van der Waals surface area contributed by atoms with Crippen molar-refractivity contribution in [1.82, 2.24) is 9.78 Å². The molecule has 1 heterocycles. The Morgan fingerprint density at radius 1 is 1.89 bits per heavy atom. The van der Waals surface area contributed by atoms with E-state index in [1.54, 1.807) is 4.68 Å². The number of hydrazine groups is 1. The molecule has 4 heteroatoms. The minimum atomic E-state index is 0.705. The molecule has 3 N–H and O–H groups in total. The number of aromatic nitrogens is 2. The minimum Gasteiger partial charge on any atom is -0.307 e. The van der Waals surface area contributed by atoms with Crippen molar-refractivity contribution in [2.24, 2.45) is 5.84 Å². The van der Waals surface area contributed by atoms with Crippen LogP contribution < -0.4 is 11.3 Å². The van der Waals surface area contributed by atoms with Crippen molar-refractivity contribution < 1.29 is 0 Å². The van der Waals surface area contributed by atoms with Crippen LogP contribution in [0.5, 0.6) is 0 Å². The molecule has 0 spiro atoms. The molecule has 0 radical (unpaired) electrons. The number of nitrogen functional groups attached to an aromatic ring is 1. The van der Waals surface area contributed by atoms with Crippen LogP contribution in [0.15, 0.2) is 12.3 Å². The van der Waals surface area contributed by atoms with Gasteiger partial charge < -0.3 is 5.43 Å². The highest BCUT2D eigenvalue weighted by Gasteiger charge is 1.90. The molecule has 1 rings (SSSR count). The van der Waals surface area contributed by atoms with Gasteiger partial charge in [0.15, 0.2) is 5.82 Å². The third kappa shape index (κ3) is 1.20. The molecule has 0 unspecified atom stereocenters. The van der Waals surface area contributed by atoms with Gasteiger partial charge in [0.1, 0.15) is 0 Å². The first-order valence-electron chi connectivity index (χ1n) is 2.87. The van der Waals surface area contributed by atoms with E-state index in [4.69, 9.17) is 5.84 Å². The van der Waals surface area contributed by atoms with Crippen LogP contribution in [0.25, 0.3) is 0 Å². The number of rotatable bonds is 2.